The van der Waals surface area contributed by atoms with Gasteiger partial charge in [0.2, 0.25) is 0 Å². The lowest BCUT2D eigenvalue weighted by Crippen LogP contribution is -1.61. The first-order chi connectivity index (χ1) is 2.91. The zero-order valence-corrected chi connectivity index (χ0v) is 4.66. The predicted octanol–water partition coefficient (Wildman–Crippen LogP) is 0.931. The van der Waals surface area contributed by atoms with Gasteiger partial charge in [-0.1, -0.05) is 5.92 Å². The van der Waals surface area contributed by atoms with Crippen LogP contribution >= 0.6 is 15.9 Å². The zero-order chi connectivity index (χ0) is 4.83. The third-order valence-electron chi connectivity index (χ3n) is 0.252. The van der Waals surface area contributed by atoms with Crippen LogP contribution in [0.5, 0.6) is 0 Å². The number of halogens is 1. The second-order valence-corrected chi connectivity index (χ2v) is 1.04. The summed E-state index contributed by atoms with van der Waals surface area (Å²) in [6, 6.07) is 0. The highest BCUT2D eigenvalue weighted by Gasteiger charge is 1.62. The maximum Gasteiger partial charge on any atom is 0.131 e. The van der Waals surface area contributed by atoms with E-state index in [9.17, 15) is 4.79 Å². The van der Waals surface area contributed by atoms with Crippen LogP contribution in [0.2, 0.25) is 0 Å². The number of hydrogen-bond donors (Lipinski definition) is 0. The van der Waals surface area contributed by atoms with Gasteiger partial charge in [-0.2, -0.15) is 0 Å². The predicted molar refractivity (Wildman–Crippen MR) is 27.4 cm³/mol. The minimum Gasteiger partial charge on any atom is -0.302 e. The third kappa shape index (κ3) is 3.71. The Hall–Kier alpha value is -0.290. The van der Waals surface area contributed by atoms with Gasteiger partial charge in [0.05, 0.1) is 6.42 Å². The molecule has 0 saturated heterocycles. The van der Waals surface area contributed by atoms with Gasteiger partial charge in [0.1, 0.15) is 6.29 Å². The molecule has 0 aromatic rings. The van der Waals surface area contributed by atoms with Gasteiger partial charge in [-0.05, 0) is 4.83 Å². The molecule has 0 aromatic heterocycles. The van der Waals surface area contributed by atoms with E-state index in [1.54, 1.807) is 0 Å². The molecule has 2 heteroatoms. The first-order valence-electron chi connectivity index (χ1n) is 1.44. The minimum atomic E-state index is 0.325. The molecule has 0 N–H and O–H groups in total. The second kappa shape index (κ2) is 4.71. The summed E-state index contributed by atoms with van der Waals surface area (Å²) in [6.07, 6.45) is 1.08. The maximum absolute atomic E-state index is 9.44. The molecule has 0 bridgehead atoms. The Labute approximate surface area is 44.9 Å². The van der Waals surface area contributed by atoms with Gasteiger partial charge in [0.15, 0.2) is 0 Å². The van der Waals surface area contributed by atoms with Crippen molar-refractivity contribution in [1.29, 1.82) is 0 Å². The molecule has 0 rings (SSSR count). The number of carbonyl (C=O) groups is 1. The minimum absolute atomic E-state index is 0.325. The van der Waals surface area contributed by atoms with E-state index in [0.717, 1.165) is 6.29 Å². The van der Waals surface area contributed by atoms with E-state index >= 15 is 0 Å². The van der Waals surface area contributed by atoms with Gasteiger partial charge in [-0.25, -0.2) is 0 Å². The molecule has 0 unspecified atom stereocenters. The van der Waals surface area contributed by atoms with E-state index in [0.29, 0.717) is 6.42 Å². The van der Waals surface area contributed by atoms with Gasteiger partial charge in [-0.15, -0.1) is 0 Å². The molecule has 0 aliphatic rings. The van der Waals surface area contributed by atoms with Crippen molar-refractivity contribution in [3.63, 3.8) is 0 Å². The third-order valence-corrected chi connectivity index (χ3v) is 0.533. The monoisotopic (exact) mass is 146 g/mol. The van der Waals surface area contributed by atoms with E-state index in [4.69, 9.17) is 0 Å². The molecule has 0 aromatic carbocycles. The molecule has 0 fully saturated rings. The van der Waals surface area contributed by atoms with Crippen molar-refractivity contribution in [3.8, 4) is 10.8 Å². The highest BCUT2D eigenvalue weighted by atomic mass is 79.9. The Morgan fingerprint density at radius 3 is 2.67 bits per heavy atom. The van der Waals surface area contributed by atoms with Crippen LogP contribution in [0, 0.1) is 10.8 Å². The Bertz CT molecular complexity index is 87.5. The van der Waals surface area contributed by atoms with E-state index in [1.165, 1.54) is 0 Å². The second-order valence-electron chi connectivity index (χ2n) is 0.642. The van der Waals surface area contributed by atoms with E-state index in [1.807, 2.05) is 0 Å². The molecule has 0 atom stereocenters. The summed E-state index contributed by atoms with van der Waals surface area (Å²) in [4.78, 5) is 11.8. The molecule has 1 nitrogen and oxygen atoms in total. The number of rotatable bonds is 1. The average molecular weight is 147 g/mol. The summed E-state index contributed by atoms with van der Waals surface area (Å²) in [6.45, 7) is 0. The highest BCUT2D eigenvalue weighted by Crippen LogP contribution is 1.70. The number of carbonyl (C=O) groups excluding carboxylic acids is 1. The molecule has 0 saturated carbocycles. The van der Waals surface area contributed by atoms with Crippen LogP contribution in [-0.4, -0.2) is 6.29 Å². The summed E-state index contributed by atoms with van der Waals surface area (Å²) < 4.78 is 0. The van der Waals surface area contributed by atoms with Crippen molar-refractivity contribution >= 4 is 22.2 Å². The fraction of sp³-hybridized carbons (Fsp3) is 0.250. The van der Waals surface area contributed by atoms with Crippen LogP contribution in [0.3, 0.4) is 0 Å². The van der Waals surface area contributed by atoms with Crippen LogP contribution in [0.4, 0.5) is 0 Å². The fourth-order valence-electron chi connectivity index (χ4n) is 0.0802. The summed E-state index contributed by atoms with van der Waals surface area (Å²) in [5, 5.41) is 0. The zero-order valence-electron chi connectivity index (χ0n) is 3.07. The van der Waals surface area contributed by atoms with Crippen molar-refractivity contribution in [2.45, 2.75) is 6.42 Å². The quantitative estimate of drug-likeness (QED) is 0.398. The smallest absolute Gasteiger partial charge is 0.131 e. The van der Waals surface area contributed by atoms with E-state index < -0.39 is 0 Å². The van der Waals surface area contributed by atoms with E-state index in [2.05, 4.69) is 26.7 Å². The number of hydrogen-bond acceptors (Lipinski definition) is 1. The molecule has 0 amide bonds. The summed E-state index contributed by atoms with van der Waals surface area (Å²) in [5.74, 6) is 2.50. The summed E-state index contributed by atoms with van der Waals surface area (Å²) >= 11 is 2.83. The van der Waals surface area contributed by atoms with Crippen molar-refractivity contribution in [3.05, 3.63) is 0 Å². The fourth-order valence-corrected chi connectivity index (χ4v) is 0.242. The normalized spacial score (nSPS) is 5.50. The van der Waals surface area contributed by atoms with Crippen molar-refractivity contribution in [1.82, 2.24) is 0 Å². The van der Waals surface area contributed by atoms with Gasteiger partial charge in [0.25, 0.3) is 0 Å². The van der Waals surface area contributed by atoms with Crippen LogP contribution in [0.15, 0.2) is 0 Å². The molecule has 0 aliphatic heterocycles. The first kappa shape index (κ1) is 5.71. The Kier molecular flexibility index (Phi) is 4.48. The lowest BCUT2D eigenvalue weighted by molar-refractivity contribution is -0.107. The van der Waals surface area contributed by atoms with Crippen LogP contribution in [0.25, 0.3) is 0 Å². The topological polar surface area (TPSA) is 17.1 Å². The van der Waals surface area contributed by atoms with Gasteiger partial charge < -0.3 is 4.79 Å². The SMILES string of the molecule is O=CCC#CBr. The van der Waals surface area contributed by atoms with Crippen LogP contribution in [-0.2, 0) is 4.79 Å². The summed E-state index contributed by atoms with van der Waals surface area (Å²) in [5.41, 5.74) is 0. The molecule has 0 heterocycles. The first-order valence-corrected chi connectivity index (χ1v) is 2.23. The average Bonchev–Trinajstić information content (AvgIpc) is 1.61. The Balaban J connectivity index is 3.00. The van der Waals surface area contributed by atoms with Gasteiger partial charge in [-0.3, -0.25) is 0 Å². The van der Waals surface area contributed by atoms with Crippen LogP contribution < -0.4 is 0 Å². The Morgan fingerprint density at radius 2 is 2.50 bits per heavy atom. The molecular weight excluding hydrogens is 144 g/mol. The molecule has 6 heavy (non-hydrogen) atoms. The van der Waals surface area contributed by atoms with Crippen molar-refractivity contribution in [2.24, 2.45) is 0 Å². The number of aldehydes is 1. The molecule has 0 aliphatic carbocycles. The summed E-state index contributed by atoms with van der Waals surface area (Å²) in [7, 11) is 0. The van der Waals surface area contributed by atoms with Crippen LogP contribution in [0.1, 0.15) is 6.42 Å². The molecular formula is C4H3BrO. The lowest BCUT2D eigenvalue weighted by Gasteiger charge is -1.58. The lowest BCUT2D eigenvalue weighted by atomic mass is 10.5. The van der Waals surface area contributed by atoms with Crippen molar-refractivity contribution in [2.75, 3.05) is 0 Å². The highest BCUT2D eigenvalue weighted by molar-refractivity contribution is 9.12. The van der Waals surface area contributed by atoms with E-state index in [-0.39, 0.29) is 0 Å². The van der Waals surface area contributed by atoms with Gasteiger partial charge >= 0.3 is 0 Å². The maximum atomic E-state index is 9.44. The molecule has 0 spiro atoms. The molecule has 32 valence electrons. The molecule has 0 radical (unpaired) electrons. The largest absolute Gasteiger partial charge is 0.302 e. The van der Waals surface area contributed by atoms with Gasteiger partial charge in [0, 0.05) is 15.9 Å². The van der Waals surface area contributed by atoms with Crippen molar-refractivity contribution < 1.29 is 4.79 Å². The standard InChI is InChI=1S/C4H3BrO/c5-3-1-2-4-6/h4H,2H2. The Morgan fingerprint density at radius 1 is 1.83 bits per heavy atom.